The molecule has 3 nitrogen and oxygen atoms in total. The first-order valence-corrected chi connectivity index (χ1v) is 6.36. The van der Waals surface area contributed by atoms with Crippen LogP contribution < -0.4 is 5.73 Å². The molecule has 0 fully saturated rings. The smallest absolute Gasteiger partial charge is 0.229 e. The summed E-state index contributed by atoms with van der Waals surface area (Å²) in [4.78, 5) is 4.47. The van der Waals surface area contributed by atoms with Crippen molar-refractivity contribution in [1.29, 1.82) is 0 Å². The second-order valence-electron chi connectivity index (χ2n) is 4.17. The lowest BCUT2D eigenvalue weighted by Gasteiger charge is -2.03. The van der Waals surface area contributed by atoms with Gasteiger partial charge in [0.1, 0.15) is 5.52 Å². The number of aryl methyl sites for hydroxylation is 1. The van der Waals surface area contributed by atoms with Crippen molar-refractivity contribution in [3.63, 3.8) is 0 Å². The van der Waals surface area contributed by atoms with Gasteiger partial charge in [-0.15, -0.1) is 0 Å². The van der Waals surface area contributed by atoms with Gasteiger partial charge in [0, 0.05) is 10.2 Å². The molecule has 90 valence electrons. The number of halogens is 1. The van der Waals surface area contributed by atoms with Gasteiger partial charge in [-0.05, 0) is 36.8 Å². The van der Waals surface area contributed by atoms with Crippen LogP contribution in [0.2, 0.25) is 0 Å². The van der Waals surface area contributed by atoms with E-state index in [-0.39, 0.29) is 0 Å². The molecule has 3 rings (SSSR count). The SMILES string of the molecule is Cc1cccc(-c2nc3cc(Br)ccc3o2)c1N. The van der Waals surface area contributed by atoms with Gasteiger partial charge in [-0.25, -0.2) is 4.98 Å². The molecular weight excluding hydrogens is 292 g/mol. The number of benzene rings is 2. The summed E-state index contributed by atoms with van der Waals surface area (Å²) < 4.78 is 6.71. The highest BCUT2D eigenvalue weighted by Crippen LogP contribution is 2.31. The second kappa shape index (κ2) is 4.14. The first kappa shape index (κ1) is 11.3. The number of hydrogen-bond acceptors (Lipinski definition) is 3. The molecule has 0 amide bonds. The Labute approximate surface area is 113 Å². The van der Waals surface area contributed by atoms with Crippen LogP contribution >= 0.6 is 15.9 Å². The maximum absolute atomic E-state index is 6.06. The van der Waals surface area contributed by atoms with Crippen molar-refractivity contribution in [1.82, 2.24) is 4.98 Å². The second-order valence-corrected chi connectivity index (χ2v) is 5.08. The van der Waals surface area contributed by atoms with Gasteiger partial charge in [-0.1, -0.05) is 28.1 Å². The van der Waals surface area contributed by atoms with Gasteiger partial charge < -0.3 is 10.2 Å². The molecule has 0 aliphatic carbocycles. The highest BCUT2D eigenvalue weighted by molar-refractivity contribution is 9.10. The molecule has 0 unspecified atom stereocenters. The molecule has 2 N–H and O–H groups in total. The van der Waals surface area contributed by atoms with Crippen molar-refractivity contribution < 1.29 is 4.42 Å². The Morgan fingerprint density at radius 1 is 1.22 bits per heavy atom. The molecule has 0 bridgehead atoms. The Morgan fingerprint density at radius 2 is 2.06 bits per heavy atom. The number of para-hydroxylation sites is 1. The fraction of sp³-hybridized carbons (Fsp3) is 0.0714. The van der Waals surface area contributed by atoms with Crippen LogP contribution in [0.5, 0.6) is 0 Å². The van der Waals surface area contributed by atoms with Crippen molar-refractivity contribution in [3.05, 3.63) is 46.4 Å². The van der Waals surface area contributed by atoms with Gasteiger partial charge >= 0.3 is 0 Å². The summed E-state index contributed by atoms with van der Waals surface area (Å²) in [6.07, 6.45) is 0. The molecule has 4 heteroatoms. The van der Waals surface area contributed by atoms with E-state index in [0.717, 1.165) is 26.7 Å². The normalized spacial score (nSPS) is 11.0. The first-order valence-electron chi connectivity index (χ1n) is 5.57. The Hall–Kier alpha value is -1.81. The summed E-state index contributed by atoms with van der Waals surface area (Å²) >= 11 is 3.42. The third-order valence-electron chi connectivity index (χ3n) is 2.90. The molecule has 2 aromatic carbocycles. The van der Waals surface area contributed by atoms with Gasteiger partial charge in [0.15, 0.2) is 5.58 Å². The van der Waals surface area contributed by atoms with Crippen LogP contribution in [0.25, 0.3) is 22.6 Å². The monoisotopic (exact) mass is 302 g/mol. The lowest BCUT2D eigenvalue weighted by atomic mass is 10.1. The standard InChI is InChI=1S/C14H11BrN2O/c1-8-3-2-4-10(13(8)16)14-17-11-7-9(15)5-6-12(11)18-14/h2-7H,16H2,1H3. The molecule has 0 radical (unpaired) electrons. The highest BCUT2D eigenvalue weighted by Gasteiger charge is 2.12. The van der Waals surface area contributed by atoms with E-state index in [1.54, 1.807) is 0 Å². The van der Waals surface area contributed by atoms with Crippen molar-refractivity contribution in [3.8, 4) is 11.5 Å². The Morgan fingerprint density at radius 3 is 2.89 bits per heavy atom. The van der Waals surface area contributed by atoms with Crippen molar-refractivity contribution in [2.75, 3.05) is 5.73 Å². The van der Waals surface area contributed by atoms with Gasteiger partial charge in [0.2, 0.25) is 5.89 Å². The van der Waals surface area contributed by atoms with Crippen LogP contribution in [0.3, 0.4) is 0 Å². The maximum atomic E-state index is 6.06. The van der Waals surface area contributed by atoms with Crippen LogP contribution in [0.15, 0.2) is 45.3 Å². The lowest BCUT2D eigenvalue weighted by molar-refractivity contribution is 0.620. The van der Waals surface area contributed by atoms with Gasteiger partial charge in [0.05, 0.1) is 5.56 Å². The predicted molar refractivity (Wildman–Crippen MR) is 76.3 cm³/mol. The van der Waals surface area contributed by atoms with E-state index in [9.17, 15) is 0 Å². The fourth-order valence-electron chi connectivity index (χ4n) is 1.88. The molecule has 0 atom stereocenters. The minimum Gasteiger partial charge on any atom is -0.436 e. The van der Waals surface area contributed by atoms with E-state index in [0.29, 0.717) is 11.6 Å². The summed E-state index contributed by atoms with van der Waals surface area (Å²) in [5.74, 6) is 0.560. The zero-order valence-electron chi connectivity index (χ0n) is 9.77. The van der Waals surface area contributed by atoms with E-state index in [4.69, 9.17) is 10.2 Å². The number of nitrogens with two attached hydrogens (primary N) is 1. The Balaban J connectivity index is 2.22. The topological polar surface area (TPSA) is 52.0 Å². The highest BCUT2D eigenvalue weighted by atomic mass is 79.9. The molecule has 0 saturated heterocycles. The van der Waals surface area contributed by atoms with Crippen LogP contribution in [0.4, 0.5) is 5.69 Å². The minimum absolute atomic E-state index is 0.560. The minimum atomic E-state index is 0.560. The van der Waals surface area contributed by atoms with Gasteiger partial charge in [0.25, 0.3) is 0 Å². The van der Waals surface area contributed by atoms with Crippen molar-refractivity contribution in [2.24, 2.45) is 0 Å². The van der Waals surface area contributed by atoms with E-state index in [1.165, 1.54) is 0 Å². The molecule has 18 heavy (non-hydrogen) atoms. The summed E-state index contributed by atoms with van der Waals surface area (Å²) in [5.41, 5.74) is 10.2. The third kappa shape index (κ3) is 1.78. The average molecular weight is 303 g/mol. The van der Waals surface area contributed by atoms with Gasteiger partial charge in [-0.3, -0.25) is 0 Å². The maximum Gasteiger partial charge on any atom is 0.229 e. The Kier molecular flexibility index (Phi) is 2.59. The Bertz CT molecular complexity index is 734. The molecule has 0 spiro atoms. The number of fused-ring (bicyclic) bond motifs is 1. The number of nitrogens with zero attached hydrogens (tertiary/aromatic N) is 1. The van der Waals surface area contributed by atoms with E-state index < -0.39 is 0 Å². The number of anilines is 1. The van der Waals surface area contributed by atoms with Crippen molar-refractivity contribution in [2.45, 2.75) is 6.92 Å². The third-order valence-corrected chi connectivity index (χ3v) is 3.40. The summed E-state index contributed by atoms with van der Waals surface area (Å²) in [7, 11) is 0. The predicted octanol–water partition coefficient (Wildman–Crippen LogP) is 4.15. The van der Waals surface area contributed by atoms with E-state index >= 15 is 0 Å². The molecule has 3 aromatic rings. The summed E-state index contributed by atoms with van der Waals surface area (Å²) in [5, 5.41) is 0. The van der Waals surface area contributed by atoms with Crippen molar-refractivity contribution >= 4 is 32.7 Å². The van der Waals surface area contributed by atoms with Crippen LogP contribution in [0.1, 0.15) is 5.56 Å². The largest absolute Gasteiger partial charge is 0.436 e. The molecule has 0 saturated carbocycles. The molecule has 0 aliphatic heterocycles. The van der Waals surface area contributed by atoms with Gasteiger partial charge in [-0.2, -0.15) is 0 Å². The summed E-state index contributed by atoms with van der Waals surface area (Å²) in [6, 6.07) is 11.6. The zero-order valence-corrected chi connectivity index (χ0v) is 11.4. The number of rotatable bonds is 1. The number of oxazole rings is 1. The van der Waals surface area contributed by atoms with Crippen LogP contribution in [0, 0.1) is 6.92 Å². The summed E-state index contributed by atoms with van der Waals surface area (Å²) in [6.45, 7) is 1.97. The molecule has 1 aromatic heterocycles. The number of nitrogen functional groups attached to an aromatic ring is 1. The molecule has 0 aliphatic rings. The lowest BCUT2D eigenvalue weighted by Crippen LogP contribution is -1.93. The number of aromatic nitrogens is 1. The quantitative estimate of drug-likeness (QED) is 0.687. The first-order chi connectivity index (χ1) is 8.65. The molecule has 1 heterocycles. The van der Waals surface area contributed by atoms with Crippen LogP contribution in [-0.4, -0.2) is 4.98 Å². The number of hydrogen-bond donors (Lipinski definition) is 1. The van der Waals surface area contributed by atoms with E-state index in [1.807, 2.05) is 43.3 Å². The average Bonchev–Trinajstić information content (AvgIpc) is 2.75. The fourth-order valence-corrected chi connectivity index (χ4v) is 2.23. The zero-order chi connectivity index (χ0) is 12.7. The van der Waals surface area contributed by atoms with Crippen LogP contribution in [-0.2, 0) is 0 Å². The molecular formula is C14H11BrN2O. The van der Waals surface area contributed by atoms with E-state index in [2.05, 4.69) is 20.9 Å².